The predicted octanol–water partition coefficient (Wildman–Crippen LogP) is 4.06. The maximum Gasteiger partial charge on any atom is 0.488 e. The van der Waals surface area contributed by atoms with E-state index in [1.807, 2.05) is 0 Å². The van der Waals surface area contributed by atoms with E-state index in [-0.39, 0.29) is 29.7 Å². The Morgan fingerprint density at radius 2 is 1.28 bits per heavy atom. The van der Waals surface area contributed by atoms with Crippen molar-refractivity contribution in [3.63, 3.8) is 0 Å². The van der Waals surface area contributed by atoms with Crippen molar-refractivity contribution in [1.82, 2.24) is 9.97 Å². The molecular formula is C25H20BBrF4N6O2. The molecule has 0 bridgehead atoms. The summed E-state index contributed by atoms with van der Waals surface area (Å²) < 4.78 is 51.6. The summed E-state index contributed by atoms with van der Waals surface area (Å²) in [6, 6.07) is 13.2. The molecule has 0 aliphatic heterocycles. The molecule has 8 nitrogen and oxygen atoms in total. The van der Waals surface area contributed by atoms with E-state index < -0.39 is 30.6 Å². The quantitative estimate of drug-likeness (QED) is 0.115. The molecule has 0 spiro atoms. The molecule has 39 heavy (non-hydrogen) atoms. The van der Waals surface area contributed by atoms with Gasteiger partial charge in [-0.05, 0) is 69.4 Å². The zero-order chi connectivity index (χ0) is 28.4. The molecule has 0 aliphatic rings. The van der Waals surface area contributed by atoms with Gasteiger partial charge < -0.3 is 21.5 Å². The summed E-state index contributed by atoms with van der Waals surface area (Å²) in [6.45, 7) is 0. The third-order valence-electron chi connectivity index (χ3n) is 4.55. The second-order valence-electron chi connectivity index (χ2n) is 7.15. The highest BCUT2D eigenvalue weighted by Gasteiger charge is 2.11. The van der Waals surface area contributed by atoms with E-state index in [0.29, 0.717) is 21.3 Å². The first-order chi connectivity index (χ1) is 18.0. The van der Waals surface area contributed by atoms with Crippen LogP contribution in [0.3, 0.4) is 0 Å². The fraction of sp³-hybridized carbons (Fsp3) is 0.0400. The van der Waals surface area contributed by atoms with Crippen molar-refractivity contribution >= 4 is 39.9 Å². The van der Waals surface area contributed by atoms with Crippen molar-refractivity contribution in [2.24, 2.45) is 0 Å². The van der Waals surface area contributed by atoms with Gasteiger partial charge in [-0.15, -0.1) is 0 Å². The summed E-state index contributed by atoms with van der Waals surface area (Å²) >= 11 is 3.08. The van der Waals surface area contributed by atoms with Crippen molar-refractivity contribution in [2.45, 2.75) is 7.43 Å². The van der Waals surface area contributed by atoms with Crippen LogP contribution in [-0.4, -0.2) is 27.1 Å². The highest BCUT2D eigenvalue weighted by atomic mass is 79.9. The summed E-state index contributed by atoms with van der Waals surface area (Å²) in [5.74, 6) is -2.66. The maximum absolute atomic E-state index is 13.2. The van der Waals surface area contributed by atoms with Gasteiger partial charge in [-0.1, -0.05) is 7.43 Å². The number of hydrogen-bond acceptors (Lipinski definition) is 8. The average molecular weight is 603 g/mol. The Balaban J connectivity index is 0.000000303. The summed E-state index contributed by atoms with van der Waals surface area (Å²) in [4.78, 5) is 6.64. The first-order valence-corrected chi connectivity index (χ1v) is 11.0. The van der Waals surface area contributed by atoms with E-state index in [4.69, 9.17) is 32.0 Å². The topological polar surface area (TPSA) is 166 Å². The number of nitrogens with two attached hydrogens (primary N) is 2. The number of pyridine rings is 2. The number of anilines is 2. The van der Waals surface area contributed by atoms with Crippen LogP contribution >= 0.6 is 15.9 Å². The second-order valence-corrected chi connectivity index (χ2v) is 8.00. The van der Waals surface area contributed by atoms with Crippen LogP contribution in [-0.2, 0) is 0 Å². The summed E-state index contributed by atoms with van der Waals surface area (Å²) in [5, 5.41) is 34.1. The Labute approximate surface area is 230 Å². The van der Waals surface area contributed by atoms with E-state index in [1.165, 1.54) is 42.7 Å². The maximum atomic E-state index is 13.2. The number of nitrogens with zero attached hydrogens (tertiary/aromatic N) is 4. The van der Waals surface area contributed by atoms with Gasteiger partial charge in [-0.25, -0.2) is 18.7 Å². The number of nitriles is 2. The number of aromatic nitrogens is 2. The fourth-order valence-electron chi connectivity index (χ4n) is 2.72. The van der Waals surface area contributed by atoms with Gasteiger partial charge in [-0.2, -0.15) is 19.3 Å². The van der Waals surface area contributed by atoms with Crippen LogP contribution in [0.2, 0.25) is 0 Å². The molecule has 200 valence electrons. The van der Waals surface area contributed by atoms with Crippen LogP contribution in [0.25, 0.3) is 11.1 Å². The van der Waals surface area contributed by atoms with Crippen LogP contribution in [0.5, 0.6) is 0 Å². The van der Waals surface area contributed by atoms with Crippen molar-refractivity contribution in [2.75, 3.05) is 11.5 Å². The Morgan fingerprint density at radius 1 is 0.769 bits per heavy atom. The molecular weight excluding hydrogens is 583 g/mol. The lowest BCUT2D eigenvalue weighted by atomic mass is 9.81. The van der Waals surface area contributed by atoms with Crippen molar-refractivity contribution in [3.05, 3.63) is 100 Å². The van der Waals surface area contributed by atoms with Gasteiger partial charge in [0.05, 0.1) is 11.1 Å². The van der Waals surface area contributed by atoms with E-state index >= 15 is 0 Å². The van der Waals surface area contributed by atoms with Gasteiger partial charge >= 0.3 is 7.12 Å². The minimum absolute atomic E-state index is 0. The number of nitrogen functional groups attached to an aromatic ring is 2. The second kappa shape index (κ2) is 15.0. The lowest BCUT2D eigenvalue weighted by Crippen LogP contribution is -2.30. The molecule has 0 saturated heterocycles. The van der Waals surface area contributed by atoms with Gasteiger partial charge in [0.1, 0.15) is 23.8 Å². The number of hydrogen-bond donors (Lipinski definition) is 4. The first kappa shape index (κ1) is 32.5. The van der Waals surface area contributed by atoms with Gasteiger partial charge in [0.25, 0.3) is 0 Å². The highest BCUT2D eigenvalue weighted by Crippen LogP contribution is 2.28. The third-order valence-corrected chi connectivity index (χ3v) is 5.24. The van der Waals surface area contributed by atoms with Gasteiger partial charge in [0, 0.05) is 39.9 Å². The lowest BCUT2D eigenvalue weighted by Gasteiger charge is -2.06. The zero-order valence-electron chi connectivity index (χ0n) is 19.1. The SMILES string of the molecule is C.N#Cc1cc(-c2ccnc(F)c2)c(N)cc1F.N#Cc1cc(Br)c(N)cc1F.OB(O)c1ccnc(F)c1. The minimum Gasteiger partial charge on any atom is -0.423 e. The normalized spacial score (nSPS) is 9.36. The molecule has 14 heteroatoms. The van der Waals surface area contributed by atoms with Gasteiger partial charge in [-0.3, -0.25) is 0 Å². The fourth-order valence-corrected chi connectivity index (χ4v) is 3.06. The molecule has 6 N–H and O–H groups in total. The van der Waals surface area contributed by atoms with Crippen LogP contribution in [0.1, 0.15) is 18.6 Å². The standard InChI is InChI=1S/C12H7F2N3.C7H4BrFN2.C5H5BFNO2.CH4/c13-10-5-11(16)9(3-8(10)6-15)7-1-2-17-12(14)4-7;8-5-1-4(3-10)6(9)2-7(5)11;7-5-3-4(6(9)10)1-2-8-5;/h1-5H,16H2;1-2H,11H2;1-3,9-10H;1H4. The highest BCUT2D eigenvalue weighted by molar-refractivity contribution is 9.10. The minimum atomic E-state index is -1.63. The Kier molecular flexibility index (Phi) is 12.6. The van der Waals surface area contributed by atoms with Crippen molar-refractivity contribution in [3.8, 4) is 23.3 Å². The van der Waals surface area contributed by atoms with Crippen LogP contribution in [0.4, 0.5) is 28.9 Å². The molecule has 4 aromatic rings. The molecule has 2 aromatic heterocycles. The Morgan fingerprint density at radius 3 is 1.77 bits per heavy atom. The molecule has 0 atom stereocenters. The number of rotatable bonds is 2. The van der Waals surface area contributed by atoms with E-state index in [2.05, 4.69) is 25.9 Å². The number of halogens is 5. The van der Waals surface area contributed by atoms with Gasteiger partial charge in [0.2, 0.25) is 11.9 Å². The molecule has 2 aromatic carbocycles. The first-order valence-electron chi connectivity index (χ1n) is 10.2. The van der Waals surface area contributed by atoms with E-state index in [1.54, 1.807) is 12.1 Å². The lowest BCUT2D eigenvalue weighted by molar-refractivity contribution is 0.425. The largest absolute Gasteiger partial charge is 0.488 e. The molecule has 0 saturated carbocycles. The number of benzene rings is 2. The Hall–Kier alpha value is -4.50. The monoisotopic (exact) mass is 602 g/mol. The smallest absolute Gasteiger partial charge is 0.423 e. The zero-order valence-corrected chi connectivity index (χ0v) is 20.7. The van der Waals surface area contributed by atoms with Gasteiger partial charge in [0.15, 0.2) is 0 Å². The molecule has 0 unspecified atom stereocenters. The molecule has 0 radical (unpaired) electrons. The summed E-state index contributed by atoms with van der Waals surface area (Å²) in [5.41, 5.74) is 12.2. The average Bonchev–Trinajstić information content (AvgIpc) is 2.87. The van der Waals surface area contributed by atoms with E-state index in [9.17, 15) is 17.6 Å². The Bertz CT molecular complexity index is 1530. The molecule has 4 rings (SSSR count). The summed E-state index contributed by atoms with van der Waals surface area (Å²) in [7, 11) is -1.63. The third kappa shape index (κ3) is 9.39. The van der Waals surface area contributed by atoms with E-state index in [0.717, 1.165) is 18.2 Å². The predicted molar refractivity (Wildman–Crippen MR) is 143 cm³/mol. The van der Waals surface area contributed by atoms with Crippen LogP contribution < -0.4 is 16.9 Å². The molecule has 0 amide bonds. The van der Waals surface area contributed by atoms with Crippen molar-refractivity contribution in [1.29, 1.82) is 10.5 Å². The van der Waals surface area contributed by atoms with Crippen molar-refractivity contribution < 1.29 is 27.6 Å². The molecule has 0 fully saturated rings. The summed E-state index contributed by atoms with van der Waals surface area (Å²) in [6.07, 6.45) is 2.45. The molecule has 0 aliphatic carbocycles. The van der Waals surface area contributed by atoms with Crippen LogP contribution in [0.15, 0.2) is 65.4 Å². The molecule has 2 heterocycles. The van der Waals surface area contributed by atoms with Crippen LogP contribution in [0, 0.1) is 46.2 Å².